The number of rotatable bonds is 3. The van der Waals surface area contributed by atoms with Crippen LogP contribution in [0.5, 0.6) is 0 Å². The van der Waals surface area contributed by atoms with Crippen molar-refractivity contribution in [1.29, 1.82) is 0 Å². The number of amides is 3. The van der Waals surface area contributed by atoms with E-state index in [0.29, 0.717) is 5.70 Å². The molecule has 1 N–H and O–H groups in total. The van der Waals surface area contributed by atoms with Crippen molar-refractivity contribution < 1.29 is 9.59 Å². The highest BCUT2D eigenvalue weighted by Gasteiger charge is 2.33. The topological polar surface area (TPSA) is 49.4 Å². The first-order valence-electron chi connectivity index (χ1n) is 8.33. The molecule has 0 atom stereocenters. The van der Waals surface area contributed by atoms with Gasteiger partial charge in [-0.15, -0.1) is 0 Å². The van der Waals surface area contributed by atoms with Crippen molar-refractivity contribution in [1.82, 2.24) is 10.2 Å². The van der Waals surface area contributed by atoms with Crippen molar-refractivity contribution in [3.05, 3.63) is 75.5 Å². The van der Waals surface area contributed by atoms with Gasteiger partial charge < -0.3 is 5.32 Å². The average Bonchev–Trinajstić information content (AvgIpc) is 2.80. The van der Waals surface area contributed by atoms with Crippen molar-refractivity contribution in [2.45, 2.75) is 34.2 Å². The number of carbonyl (C=O) groups is 2. The van der Waals surface area contributed by atoms with Crippen molar-refractivity contribution >= 4 is 18.0 Å². The minimum absolute atomic E-state index is 0.272. The standard InChI is InChI=1S/C21H22N2O2/c1-13-5-7-17(8-6-13)12-23-20(24)19(22-21(23)25)11-18-15(3)9-14(2)10-16(18)4/h5-11H,12H2,1-4H3,(H,22,25)/b19-11+. The van der Waals surface area contributed by atoms with Gasteiger partial charge in [-0.05, 0) is 56.0 Å². The zero-order valence-corrected chi connectivity index (χ0v) is 15.0. The first-order valence-corrected chi connectivity index (χ1v) is 8.33. The molecule has 4 nitrogen and oxygen atoms in total. The van der Waals surface area contributed by atoms with Gasteiger partial charge in [-0.1, -0.05) is 47.5 Å². The van der Waals surface area contributed by atoms with Crippen molar-refractivity contribution in [3.63, 3.8) is 0 Å². The first kappa shape index (κ1) is 17.0. The fourth-order valence-electron chi connectivity index (χ4n) is 3.15. The highest BCUT2D eigenvalue weighted by Crippen LogP contribution is 2.22. The number of imide groups is 1. The Balaban J connectivity index is 1.87. The lowest BCUT2D eigenvalue weighted by molar-refractivity contribution is -0.123. The van der Waals surface area contributed by atoms with Crippen LogP contribution >= 0.6 is 0 Å². The van der Waals surface area contributed by atoms with Crippen molar-refractivity contribution in [3.8, 4) is 0 Å². The van der Waals surface area contributed by atoms with Crippen LogP contribution < -0.4 is 5.32 Å². The van der Waals surface area contributed by atoms with E-state index >= 15 is 0 Å². The predicted molar refractivity (Wildman–Crippen MR) is 98.9 cm³/mol. The van der Waals surface area contributed by atoms with Crippen LogP contribution in [0.25, 0.3) is 6.08 Å². The number of nitrogens with one attached hydrogen (secondary N) is 1. The molecule has 0 saturated carbocycles. The van der Waals surface area contributed by atoms with Crippen LogP contribution in [0.4, 0.5) is 4.79 Å². The summed E-state index contributed by atoms with van der Waals surface area (Å²) in [5.41, 5.74) is 6.73. The molecule has 1 heterocycles. The quantitative estimate of drug-likeness (QED) is 0.681. The number of nitrogens with zero attached hydrogens (tertiary/aromatic N) is 1. The average molecular weight is 334 g/mol. The molecular formula is C21H22N2O2. The smallest absolute Gasteiger partial charge is 0.303 e. The molecule has 1 saturated heterocycles. The summed E-state index contributed by atoms with van der Waals surface area (Å²) >= 11 is 0. The molecule has 3 rings (SSSR count). The van der Waals surface area contributed by atoms with Crippen molar-refractivity contribution in [2.75, 3.05) is 0 Å². The fraction of sp³-hybridized carbons (Fsp3) is 0.238. The Bertz CT molecular complexity index is 856. The summed E-state index contributed by atoms with van der Waals surface area (Å²) in [6, 6.07) is 11.6. The van der Waals surface area contributed by atoms with E-state index in [4.69, 9.17) is 0 Å². The molecular weight excluding hydrogens is 312 g/mol. The first-order chi connectivity index (χ1) is 11.8. The van der Waals surface area contributed by atoms with Crippen LogP contribution in [0.3, 0.4) is 0 Å². The molecule has 128 valence electrons. The molecule has 4 heteroatoms. The number of urea groups is 1. The van der Waals surface area contributed by atoms with Gasteiger partial charge in [-0.25, -0.2) is 4.79 Å². The molecule has 1 aliphatic rings. The maximum absolute atomic E-state index is 12.7. The molecule has 2 aromatic carbocycles. The van der Waals surface area contributed by atoms with Crippen molar-refractivity contribution in [2.24, 2.45) is 0 Å². The third-order valence-electron chi connectivity index (χ3n) is 4.45. The van der Waals surface area contributed by atoms with Gasteiger partial charge in [0.2, 0.25) is 0 Å². The zero-order chi connectivity index (χ0) is 18.1. The third-order valence-corrected chi connectivity index (χ3v) is 4.45. The largest absolute Gasteiger partial charge is 0.329 e. The van der Waals surface area contributed by atoms with Crippen LogP contribution in [0.2, 0.25) is 0 Å². The molecule has 1 aliphatic heterocycles. The van der Waals surface area contributed by atoms with E-state index in [1.807, 2.05) is 52.0 Å². The Kier molecular flexibility index (Phi) is 4.45. The number of carbonyl (C=O) groups excluding carboxylic acids is 2. The van der Waals surface area contributed by atoms with Gasteiger partial charge in [0.1, 0.15) is 5.70 Å². The lowest BCUT2D eigenvalue weighted by atomic mass is 9.99. The van der Waals surface area contributed by atoms with Crippen LogP contribution in [-0.2, 0) is 11.3 Å². The van der Waals surface area contributed by atoms with E-state index in [1.54, 1.807) is 6.08 Å². The van der Waals surface area contributed by atoms with E-state index in [-0.39, 0.29) is 18.5 Å². The van der Waals surface area contributed by atoms with Gasteiger partial charge in [-0.3, -0.25) is 9.69 Å². The monoisotopic (exact) mass is 334 g/mol. The minimum Gasteiger partial charge on any atom is -0.303 e. The molecule has 0 bridgehead atoms. The second kappa shape index (κ2) is 6.55. The van der Waals surface area contributed by atoms with E-state index in [2.05, 4.69) is 17.4 Å². The summed E-state index contributed by atoms with van der Waals surface area (Å²) in [6.45, 7) is 8.34. The summed E-state index contributed by atoms with van der Waals surface area (Å²) in [6.07, 6.45) is 1.78. The summed E-state index contributed by atoms with van der Waals surface area (Å²) < 4.78 is 0. The van der Waals surface area contributed by atoms with Crippen LogP contribution in [0.15, 0.2) is 42.1 Å². The van der Waals surface area contributed by atoms with Gasteiger partial charge in [0.05, 0.1) is 6.54 Å². The normalized spacial score (nSPS) is 15.8. The summed E-state index contributed by atoms with van der Waals surface area (Å²) in [4.78, 5) is 26.1. The number of hydrogen-bond acceptors (Lipinski definition) is 2. The Hall–Kier alpha value is -2.88. The summed E-state index contributed by atoms with van der Waals surface area (Å²) in [7, 11) is 0. The molecule has 3 amide bonds. The van der Waals surface area contributed by atoms with Gasteiger partial charge in [-0.2, -0.15) is 0 Å². The maximum Gasteiger partial charge on any atom is 0.329 e. The predicted octanol–water partition coefficient (Wildman–Crippen LogP) is 4.01. The lowest BCUT2D eigenvalue weighted by Crippen LogP contribution is -2.30. The molecule has 2 aromatic rings. The zero-order valence-electron chi connectivity index (χ0n) is 15.0. The molecule has 0 spiro atoms. The third kappa shape index (κ3) is 3.48. The molecule has 0 radical (unpaired) electrons. The Labute approximate surface area is 148 Å². The highest BCUT2D eigenvalue weighted by atomic mass is 16.2. The molecule has 0 aromatic heterocycles. The van der Waals surface area contributed by atoms with Gasteiger partial charge in [0.15, 0.2) is 0 Å². The fourth-order valence-corrected chi connectivity index (χ4v) is 3.15. The van der Waals surface area contributed by atoms with Gasteiger partial charge in [0.25, 0.3) is 5.91 Å². The second-order valence-electron chi connectivity index (χ2n) is 6.68. The van der Waals surface area contributed by atoms with E-state index in [9.17, 15) is 9.59 Å². The summed E-state index contributed by atoms with van der Waals surface area (Å²) in [5.74, 6) is -0.287. The lowest BCUT2D eigenvalue weighted by Gasteiger charge is -2.12. The van der Waals surface area contributed by atoms with E-state index in [0.717, 1.165) is 27.8 Å². The van der Waals surface area contributed by atoms with E-state index in [1.165, 1.54) is 10.5 Å². The maximum atomic E-state index is 12.7. The molecule has 0 unspecified atom stereocenters. The Morgan fingerprint density at radius 1 is 0.920 bits per heavy atom. The van der Waals surface area contributed by atoms with E-state index < -0.39 is 0 Å². The van der Waals surface area contributed by atoms with Crippen LogP contribution in [0, 0.1) is 27.7 Å². The number of aryl methyl sites for hydroxylation is 4. The molecule has 1 fully saturated rings. The van der Waals surface area contributed by atoms with Gasteiger partial charge in [0, 0.05) is 0 Å². The second-order valence-corrected chi connectivity index (χ2v) is 6.68. The Morgan fingerprint density at radius 3 is 2.12 bits per heavy atom. The number of hydrogen-bond donors (Lipinski definition) is 1. The molecule has 25 heavy (non-hydrogen) atoms. The highest BCUT2D eigenvalue weighted by molar-refractivity contribution is 6.14. The van der Waals surface area contributed by atoms with Crippen LogP contribution in [0.1, 0.15) is 33.4 Å². The Morgan fingerprint density at radius 2 is 1.52 bits per heavy atom. The minimum atomic E-state index is -0.376. The summed E-state index contributed by atoms with van der Waals surface area (Å²) in [5, 5.41) is 2.70. The molecule has 0 aliphatic carbocycles. The SMILES string of the molecule is Cc1ccc(CN2C(=O)N/C(=C/c3c(C)cc(C)cc3C)C2=O)cc1. The van der Waals surface area contributed by atoms with Crippen LogP contribution in [-0.4, -0.2) is 16.8 Å². The number of benzene rings is 2. The van der Waals surface area contributed by atoms with Gasteiger partial charge >= 0.3 is 6.03 Å².